The molecule has 3 aromatic heterocycles. The van der Waals surface area contributed by atoms with E-state index in [0.29, 0.717) is 30.2 Å². The minimum absolute atomic E-state index is 0.0803. The van der Waals surface area contributed by atoms with Gasteiger partial charge in [0.25, 0.3) is 0 Å². The predicted octanol–water partition coefficient (Wildman–Crippen LogP) is 2.29. The first kappa shape index (κ1) is 23.2. The number of rotatable bonds is 10. The van der Waals surface area contributed by atoms with E-state index < -0.39 is 0 Å². The van der Waals surface area contributed by atoms with E-state index in [1.807, 2.05) is 10.7 Å². The van der Waals surface area contributed by atoms with Gasteiger partial charge in [0.15, 0.2) is 5.82 Å². The molecule has 0 saturated carbocycles. The monoisotopic (exact) mass is 454 g/mol. The number of nitrogens with zero attached hydrogens (tertiary/aromatic N) is 5. The third kappa shape index (κ3) is 5.33. The summed E-state index contributed by atoms with van der Waals surface area (Å²) in [4.78, 5) is 13.8. The number of methoxy groups -OCH3 is 1. The number of nitrogen functional groups attached to an aromatic ring is 1. The molecule has 0 radical (unpaired) electrons. The molecule has 3 aromatic rings. The van der Waals surface area contributed by atoms with E-state index in [9.17, 15) is 5.11 Å². The van der Waals surface area contributed by atoms with Crippen molar-refractivity contribution in [2.45, 2.75) is 57.5 Å². The highest BCUT2D eigenvalue weighted by Crippen LogP contribution is 2.29. The first-order chi connectivity index (χ1) is 16.1. The number of piperidine rings is 1. The molecule has 10 nitrogen and oxygen atoms in total. The largest absolute Gasteiger partial charge is 0.495 e. The van der Waals surface area contributed by atoms with Gasteiger partial charge in [-0.2, -0.15) is 10.1 Å². The van der Waals surface area contributed by atoms with Crippen LogP contribution in [0.25, 0.3) is 11.0 Å². The molecule has 5 N–H and O–H groups in total. The molecular formula is C23H34N8O2. The minimum atomic E-state index is 0.0803. The number of aromatic nitrogens is 5. The maximum absolute atomic E-state index is 9.47. The number of nitrogens with two attached hydrogens (primary N) is 1. The highest BCUT2D eigenvalue weighted by atomic mass is 16.5. The number of pyridine rings is 1. The Morgan fingerprint density at radius 3 is 2.79 bits per heavy atom. The molecular weight excluding hydrogens is 420 g/mol. The van der Waals surface area contributed by atoms with Crippen LogP contribution >= 0.6 is 0 Å². The van der Waals surface area contributed by atoms with Gasteiger partial charge in [-0.25, -0.2) is 4.98 Å². The molecule has 1 aliphatic rings. The molecule has 0 aliphatic carbocycles. The average molecular weight is 455 g/mol. The van der Waals surface area contributed by atoms with Gasteiger partial charge in [0.05, 0.1) is 19.9 Å². The van der Waals surface area contributed by atoms with Gasteiger partial charge in [-0.3, -0.25) is 9.67 Å². The Bertz CT molecular complexity index is 1060. The van der Waals surface area contributed by atoms with Crippen LogP contribution in [0.3, 0.4) is 0 Å². The summed E-state index contributed by atoms with van der Waals surface area (Å²) in [5.41, 5.74) is 9.31. The van der Waals surface area contributed by atoms with Gasteiger partial charge < -0.3 is 26.2 Å². The molecule has 0 unspecified atom stereocenters. The average Bonchev–Trinajstić information content (AvgIpc) is 3.22. The molecule has 4 rings (SSSR count). The lowest BCUT2D eigenvalue weighted by atomic mass is 9.94. The zero-order chi connectivity index (χ0) is 23.2. The summed E-state index contributed by atoms with van der Waals surface area (Å²) in [7, 11) is 1.66. The van der Waals surface area contributed by atoms with E-state index in [0.717, 1.165) is 61.4 Å². The van der Waals surface area contributed by atoms with Gasteiger partial charge in [0, 0.05) is 24.3 Å². The number of fused-ring (bicyclic) bond motifs is 1. The summed E-state index contributed by atoms with van der Waals surface area (Å²) in [6.07, 6.45) is 6.38. The van der Waals surface area contributed by atoms with E-state index in [1.54, 1.807) is 13.3 Å². The van der Waals surface area contributed by atoms with Crippen molar-refractivity contribution in [3.05, 3.63) is 29.7 Å². The second kappa shape index (κ2) is 10.8. The number of aliphatic hydroxyl groups is 1. The molecule has 1 atom stereocenters. The summed E-state index contributed by atoms with van der Waals surface area (Å²) < 4.78 is 7.46. The van der Waals surface area contributed by atoms with Crippen LogP contribution in [-0.2, 0) is 6.54 Å². The second-order valence-corrected chi connectivity index (χ2v) is 8.52. The first-order valence-corrected chi connectivity index (χ1v) is 11.7. The Labute approximate surface area is 194 Å². The van der Waals surface area contributed by atoms with E-state index in [4.69, 9.17) is 15.5 Å². The van der Waals surface area contributed by atoms with E-state index >= 15 is 0 Å². The maximum Gasteiger partial charge on any atom is 0.222 e. The molecule has 1 aliphatic heterocycles. The van der Waals surface area contributed by atoms with Crippen LogP contribution in [0.2, 0.25) is 0 Å². The number of nitrogens with one attached hydrogen (secondary N) is 2. The molecule has 0 spiro atoms. The highest BCUT2D eigenvalue weighted by Gasteiger charge is 2.21. The zero-order valence-corrected chi connectivity index (χ0v) is 19.4. The first-order valence-electron chi connectivity index (χ1n) is 11.7. The third-order valence-electron chi connectivity index (χ3n) is 6.19. The van der Waals surface area contributed by atoms with Crippen molar-refractivity contribution < 1.29 is 9.84 Å². The summed E-state index contributed by atoms with van der Waals surface area (Å²) in [6, 6.07) is 4.15. The Morgan fingerprint density at radius 1 is 1.24 bits per heavy atom. The molecule has 0 amide bonds. The van der Waals surface area contributed by atoms with Gasteiger partial charge in [0.1, 0.15) is 22.5 Å². The predicted molar refractivity (Wildman–Crippen MR) is 128 cm³/mol. The maximum atomic E-state index is 9.47. The van der Waals surface area contributed by atoms with Gasteiger partial charge in [0.2, 0.25) is 5.95 Å². The number of hydrogen-bond donors (Lipinski definition) is 4. The molecule has 0 bridgehead atoms. The highest BCUT2D eigenvalue weighted by molar-refractivity contribution is 5.86. The van der Waals surface area contributed by atoms with Crippen LogP contribution < -0.4 is 21.1 Å². The quantitative estimate of drug-likeness (QED) is 0.364. The summed E-state index contributed by atoms with van der Waals surface area (Å²) in [5.74, 6) is 1.98. The van der Waals surface area contributed by atoms with Crippen LogP contribution in [0, 0.1) is 0 Å². The molecule has 10 heteroatoms. The fourth-order valence-corrected chi connectivity index (χ4v) is 4.52. The lowest BCUT2D eigenvalue weighted by molar-refractivity contribution is 0.276. The Kier molecular flexibility index (Phi) is 7.56. The van der Waals surface area contributed by atoms with Gasteiger partial charge in [-0.1, -0.05) is 13.3 Å². The second-order valence-electron chi connectivity index (χ2n) is 8.52. The van der Waals surface area contributed by atoms with Crippen LogP contribution in [0.1, 0.15) is 56.3 Å². The zero-order valence-electron chi connectivity index (χ0n) is 19.4. The number of ether oxygens (including phenoxy) is 1. The van der Waals surface area contributed by atoms with Gasteiger partial charge in [-0.15, -0.1) is 0 Å². The summed E-state index contributed by atoms with van der Waals surface area (Å²) in [5, 5.41) is 20.9. The van der Waals surface area contributed by atoms with Crippen LogP contribution in [0.5, 0.6) is 5.75 Å². The SMILES string of the molecule is CCC[C@@H](CCO)Nc1nc(N)nc2cnn(Cc3nc(C4CCNCC4)ccc3OC)c12. The summed E-state index contributed by atoms with van der Waals surface area (Å²) in [6.45, 7) is 4.67. The molecule has 1 fully saturated rings. The summed E-state index contributed by atoms with van der Waals surface area (Å²) >= 11 is 0. The number of hydrogen-bond acceptors (Lipinski definition) is 9. The standard InChI is InChI=1S/C23H34N8O2/c1-3-4-16(9-12-32)27-22-21-18(29-23(24)30-22)13-26-31(21)14-19-20(33-2)6-5-17(28-19)15-7-10-25-11-8-15/h5-6,13,15-16,25,32H,3-4,7-12,14H2,1-2H3,(H3,24,27,29,30)/t16-/m0/s1. The van der Waals surface area contributed by atoms with Crippen molar-refractivity contribution in [3.8, 4) is 5.75 Å². The van der Waals surface area contributed by atoms with Gasteiger partial charge >= 0.3 is 0 Å². The van der Waals surface area contributed by atoms with E-state index in [-0.39, 0.29) is 18.6 Å². The van der Waals surface area contributed by atoms with Crippen molar-refractivity contribution in [1.82, 2.24) is 30.0 Å². The van der Waals surface area contributed by atoms with Crippen LogP contribution in [0.4, 0.5) is 11.8 Å². The van der Waals surface area contributed by atoms with Gasteiger partial charge in [-0.05, 0) is 50.9 Å². The molecule has 178 valence electrons. The fraction of sp³-hybridized carbons (Fsp3) is 0.565. The topological polar surface area (TPSA) is 136 Å². The Balaban J connectivity index is 1.69. The number of aliphatic hydroxyl groups excluding tert-OH is 1. The van der Waals surface area contributed by atoms with E-state index in [2.05, 4.69) is 38.7 Å². The Hall–Kier alpha value is -2.98. The lowest BCUT2D eigenvalue weighted by Crippen LogP contribution is -2.27. The number of anilines is 2. The van der Waals surface area contributed by atoms with E-state index in [1.165, 1.54) is 0 Å². The van der Waals surface area contributed by atoms with Crippen molar-refractivity contribution in [1.29, 1.82) is 0 Å². The smallest absolute Gasteiger partial charge is 0.222 e. The van der Waals surface area contributed by atoms with Crippen molar-refractivity contribution in [2.75, 3.05) is 37.9 Å². The normalized spacial score (nSPS) is 15.6. The van der Waals surface area contributed by atoms with Crippen molar-refractivity contribution in [2.24, 2.45) is 0 Å². The lowest BCUT2D eigenvalue weighted by Gasteiger charge is -2.23. The molecule has 0 aromatic carbocycles. The molecule has 33 heavy (non-hydrogen) atoms. The Morgan fingerprint density at radius 2 is 2.06 bits per heavy atom. The van der Waals surface area contributed by atoms with Crippen LogP contribution in [0.15, 0.2) is 18.3 Å². The van der Waals surface area contributed by atoms with Crippen molar-refractivity contribution in [3.63, 3.8) is 0 Å². The minimum Gasteiger partial charge on any atom is -0.495 e. The fourth-order valence-electron chi connectivity index (χ4n) is 4.52. The molecule has 4 heterocycles. The third-order valence-corrected chi connectivity index (χ3v) is 6.19. The van der Waals surface area contributed by atoms with Crippen LogP contribution in [-0.4, -0.2) is 62.7 Å². The molecule has 1 saturated heterocycles. The van der Waals surface area contributed by atoms with Crippen molar-refractivity contribution >= 4 is 22.8 Å².